The third kappa shape index (κ3) is 1.97. The third-order valence-electron chi connectivity index (χ3n) is 3.38. The summed E-state index contributed by atoms with van der Waals surface area (Å²) in [5.41, 5.74) is 0. The number of hydrogen-bond acceptors (Lipinski definition) is 4. The number of carbonyl (C=O) groups excluding carboxylic acids is 2. The molecular formula is C11H17NO4. The minimum absolute atomic E-state index is 0.0277. The van der Waals surface area contributed by atoms with Crippen molar-refractivity contribution < 1.29 is 19.4 Å². The largest absolute Gasteiger partial charge is 0.394 e. The number of hydrogen-bond donors (Lipinski definition) is 1. The molecule has 2 unspecified atom stereocenters. The molecule has 0 spiro atoms. The van der Waals surface area contributed by atoms with Crippen molar-refractivity contribution in [3.63, 3.8) is 0 Å². The van der Waals surface area contributed by atoms with Crippen LogP contribution in [0.3, 0.4) is 0 Å². The Balaban J connectivity index is 1.86. The fourth-order valence-corrected chi connectivity index (χ4v) is 2.60. The number of ether oxygens (including phenoxy) is 1. The van der Waals surface area contributed by atoms with Gasteiger partial charge in [-0.1, -0.05) is 6.42 Å². The predicted octanol–water partition coefficient (Wildman–Crippen LogP) is -0.220. The van der Waals surface area contributed by atoms with E-state index in [0.29, 0.717) is 13.2 Å². The van der Waals surface area contributed by atoms with Crippen molar-refractivity contribution in [1.82, 2.24) is 4.90 Å². The van der Waals surface area contributed by atoms with Crippen LogP contribution in [0.1, 0.15) is 19.3 Å². The first-order valence-electron chi connectivity index (χ1n) is 5.79. The van der Waals surface area contributed by atoms with Crippen LogP contribution in [-0.2, 0) is 14.3 Å². The Morgan fingerprint density at radius 3 is 2.38 bits per heavy atom. The molecule has 1 aliphatic carbocycles. The number of aliphatic hydroxyl groups is 1. The zero-order valence-electron chi connectivity index (χ0n) is 9.22. The van der Waals surface area contributed by atoms with E-state index >= 15 is 0 Å². The predicted molar refractivity (Wildman–Crippen MR) is 55.5 cm³/mol. The Labute approximate surface area is 94.4 Å². The summed E-state index contributed by atoms with van der Waals surface area (Å²) in [4.78, 5) is 25.0. The first-order valence-corrected chi connectivity index (χ1v) is 5.79. The van der Waals surface area contributed by atoms with Crippen LogP contribution < -0.4 is 0 Å². The molecule has 1 N–H and O–H groups in total. The summed E-state index contributed by atoms with van der Waals surface area (Å²) in [5, 5.41) is 8.52. The van der Waals surface area contributed by atoms with E-state index in [-0.39, 0.29) is 36.9 Å². The third-order valence-corrected chi connectivity index (χ3v) is 3.38. The summed E-state index contributed by atoms with van der Waals surface area (Å²) in [5.74, 6) is -0.184. The normalized spacial score (nSPS) is 28.9. The van der Waals surface area contributed by atoms with Crippen molar-refractivity contribution in [2.24, 2.45) is 11.8 Å². The summed E-state index contributed by atoms with van der Waals surface area (Å²) >= 11 is 0. The second-order valence-corrected chi connectivity index (χ2v) is 4.31. The molecule has 0 aromatic carbocycles. The molecule has 0 aromatic rings. The molecule has 0 bridgehead atoms. The van der Waals surface area contributed by atoms with Crippen molar-refractivity contribution in [1.29, 1.82) is 0 Å². The van der Waals surface area contributed by atoms with Crippen LogP contribution >= 0.6 is 0 Å². The van der Waals surface area contributed by atoms with Crippen molar-refractivity contribution >= 4 is 11.8 Å². The van der Waals surface area contributed by atoms with Gasteiger partial charge in [0.15, 0.2) is 0 Å². The van der Waals surface area contributed by atoms with Crippen LogP contribution in [0, 0.1) is 11.8 Å². The molecule has 1 saturated carbocycles. The fraction of sp³-hybridized carbons (Fsp3) is 0.818. The second-order valence-electron chi connectivity index (χ2n) is 4.31. The highest BCUT2D eigenvalue weighted by Gasteiger charge is 2.49. The van der Waals surface area contributed by atoms with E-state index in [0.717, 1.165) is 19.3 Å². The topological polar surface area (TPSA) is 66.8 Å². The maximum absolute atomic E-state index is 11.9. The lowest BCUT2D eigenvalue weighted by molar-refractivity contribution is -0.141. The molecule has 2 amide bonds. The van der Waals surface area contributed by atoms with Gasteiger partial charge < -0.3 is 9.84 Å². The Morgan fingerprint density at radius 2 is 1.81 bits per heavy atom. The Hall–Kier alpha value is -0.940. The smallest absolute Gasteiger partial charge is 0.233 e. The quantitative estimate of drug-likeness (QED) is 0.521. The van der Waals surface area contributed by atoms with Gasteiger partial charge in [-0.15, -0.1) is 0 Å². The van der Waals surface area contributed by atoms with Crippen LogP contribution in [0.4, 0.5) is 0 Å². The molecule has 2 atom stereocenters. The molecule has 90 valence electrons. The number of rotatable bonds is 5. The zero-order chi connectivity index (χ0) is 11.5. The van der Waals surface area contributed by atoms with Gasteiger partial charge >= 0.3 is 0 Å². The lowest BCUT2D eigenvalue weighted by atomic mass is 10.00. The molecule has 1 saturated heterocycles. The minimum atomic E-state index is -0.0645. The first-order chi connectivity index (χ1) is 7.75. The van der Waals surface area contributed by atoms with Crippen molar-refractivity contribution in [2.45, 2.75) is 19.3 Å². The maximum atomic E-state index is 11.9. The summed E-state index contributed by atoms with van der Waals surface area (Å²) < 4.78 is 5.07. The molecule has 2 fully saturated rings. The lowest BCUT2D eigenvalue weighted by Crippen LogP contribution is -2.34. The maximum Gasteiger partial charge on any atom is 0.233 e. The zero-order valence-corrected chi connectivity index (χ0v) is 9.22. The monoisotopic (exact) mass is 227 g/mol. The number of carbonyl (C=O) groups is 2. The van der Waals surface area contributed by atoms with Crippen LogP contribution in [0.2, 0.25) is 0 Å². The lowest BCUT2D eigenvalue weighted by Gasteiger charge is -2.15. The van der Waals surface area contributed by atoms with Gasteiger partial charge in [0, 0.05) is 0 Å². The van der Waals surface area contributed by atoms with Gasteiger partial charge in [0.05, 0.1) is 38.2 Å². The number of imide groups is 1. The van der Waals surface area contributed by atoms with Crippen molar-refractivity contribution in [3.8, 4) is 0 Å². The van der Waals surface area contributed by atoms with E-state index in [4.69, 9.17) is 9.84 Å². The Bertz CT molecular complexity index is 270. The SMILES string of the molecule is O=C1C2CCCC2C(=O)N1CCOCCO. The average Bonchev–Trinajstić information content (AvgIpc) is 2.83. The van der Waals surface area contributed by atoms with E-state index in [1.165, 1.54) is 4.90 Å². The van der Waals surface area contributed by atoms with E-state index in [2.05, 4.69) is 0 Å². The van der Waals surface area contributed by atoms with E-state index < -0.39 is 0 Å². The molecule has 1 aliphatic heterocycles. The van der Waals surface area contributed by atoms with Gasteiger partial charge in [-0.05, 0) is 12.8 Å². The van der Waals surface area contributed by atoms with Crippen molar-refractivity contribution in [3.05, 3.63) is 0 Å². The van der Waals surface area contributed by atoms with Crippen LogP contribution in [0.5, 0.6) is 0 Å². The minimum Gasteiger partial charge on any atom is -0.394 e. The van der Waals surface area contributed by atoms with Gasteiger partial charge in [-0.3, -0.25) is 14.5 Å². The second kappa shape index (κ2) is 4.93. The highest BCUT2D eigenvalue weighted by molar-refractivity contribution is 6.05. The molecular weight excluding hydrogens is 210 g/mol. The molecule has 2 rings (SSSR count). The highest BCUT2D eigenvalue weighted by Crippen LogP contribution is 2.39. The summed E-state index contributed by atoms with van der Waals surface area (Å²) in [6.07, 6.45) is 2.69. The van der Waals surface area contributed by atoms with Crippen LogP contribution in [0.15, 0.2) is 0 Å². The molecule has 1 heterocycles. The Morgan fingerprint density at radius 1 is 1.19 bits per heavy atom. The molecule has 5 nitrogen and oxygen atoms in total. The van der Waals surface area contributed by atoms with Gasteiger partial charge in [0.25, 0.3) is 0 Å². The van der Waals surface area contributed by atoms with E-state index in [1.807, 2.05) is 0 Å². The number of nitrogens with zero attached hydrogens (tertiary/aromatic N) is 1. The Kier molecular flexibility index (Phi) is 3.56. The number of fused-ring (bicyclic) bond motifs is 1. The highest BCUT2D eigenvalue weighted by atomic mass is 16.5. The standard InChI is InChI=1S/C11H17NO4/c13-5-7-16-6-4-12-10(14)8-2-1-3-9(8)11(12)15/h8-9,13H,1-7H2. The van der Waals surface area contributed by atoms with E-state index in [1.54, 1.807) is 0 Å². The van der Waals surface area contributed by atoms with Crippen LogP contribution in [0.25, 0.3) is 0 Å². The molecule has 16 heavy (non-hydrogen) atoms. The van der Waals surface area contributed by atoms with Crippen molar-refractivity contribution in [2.75, 3.05) is 26.4 Å². The molecule has 0 aromatic heterocycles. The fourth-order valence-electron chi connectivity index (χ4n) is 2.60. The van der Waals surface area contributed by atoms with Crippen LogP contribution in [-0.4, -0.2) is 48.2 Å². The summed E-state index contributed by atoms with van der Waals surface area (Å²) in [6, 6.07) is 0. The summed E-state index contributed by atoms with van der Waals surface area (Å²) in [6.45, 7) is 0.859. The van der Waals surface area contributed by atoms with Gasteiger partial charge in [0.1, 0.15) is 0 Å². The van der Waals surface area contributed by atoms with Gasteiger partial charge in [-0.2, -0.15) is 0 Å². The summed E-state index contributed by atoms with van der Waals surface area (Å²) in [7, 11) is 0. The molecule has 5 heteroatoms. The van der Waals surface area contributed by atoms with Gasteiger partial charge in [-0.25, -0.2) is 0 Å². The number of likely N-dealkylation sites (tertiary alicyclic amines) is 1. The molecule has 2 aliphatic rings. The number of amides is 2. The van der Waals surface area contributed by atoms with Gasteiger partial charge in [0.2, 0.25) is 11.8 Å². The number of aliphatic hydroxyl groups excluding tert-OH is 1. The average molecular weight is 227 g/mol. The molecule has 0 radical (unpaired) electrons. The first kappa shape index (κ1) is 11.5. The van der Waals surface area contributed by atoms with E-state index in [9.17, 15) is 9.59 Å².